The normalized spacial score (nSPS) is 13.7. The van der Waals surface area contributed by atoms with E-state index in [4.69, 9.17) is 0 Å². The number of hydrogen-bond donors (Lipinski definition) is 0. The maximum Gasteiger partial charge on any atom is 0.251 e. The Kier molecular flexibility index (Phi) is 10.6. The van der Waals surface area contributed by atoms with Crippen LogP contribution in [0.3, 0.4) is 0 Å². The summed E-state index contributed by atoms with van der Waals surface area (Å²) in [5.41, 5.74) is 0. The minimum absolute atomic E-state index is 0.0891. The van der Waals surface area contributed by atoms with E-state index >= 15 is 0 Å². The van der Waals surface area contributed by atoms with Crippen LogP contribution in [0, 0.1) is 5.92 Å². The largest absolute Gasteiger partial charge is 0.297 e. The minimum Gasteiger partial charge on any atom is -0.297 e. The van der Waals surface area contributed by atoms with Crippen molar-refractivity contribution < 1.29 is 8.78 Å². The van der Waals surface area contributed by atoms with Gasteiger partial charge in [0.1, 0.15) is 0 Å². The lowest BCUT2D eigenvalue weighted by molar-refractivity contribution is 0.0819. The van der Waals surface area contributed by atoms with Gasteiger partial charge in [0.05, 0.1) is 6.54 Å². The van der Waals surface area contributed by atoms with Crippen LogP contribution >= 0.6 is 15.9 Å². The summed E-state index contributed by atoms with van der Waals surface area (Å²) in [4.78, 5) is 1.88. The Bertz CT molecular complexity index is 156. The number of rotatable bonds is 10. The van der Waals surface area contributed by atoms with Gasteiger partial charge in [-0.3, -0.25) is 4.90 Å². The third kappa shape index (κ3) is 8.45. The summed E-state index contributed by atoms with van der Waals surface area (Å²) in [6.45, 7) is 5.75. The number of hydrogen-bond acceptors (Lipinski definition) is 1. The molecule has 0 aliphatic carbocycles. The Morgan fingerprint density at radius 3 is 2.31 bits per heavy atom. The molecule has 0 N–H and O–H groups in total. The lowest BCUT2D eigenvalue weighted by atomic mass is 9.99. The fourth-order valence-corrected chi connectivity index (χ4v) is 2.36. The van der Waals surface area contributed by atoms with Crippen LogP contribution in [0.15, 0.2) is 0 Å². The zero-order valence-corrected chi connectivity index (χ0v) is 12.0. The van der Waals surface area contributed by atoms with Crippen LogP contribution in [0.25, 0.3) is 0 Å². The first-order chi connectivity index (χ1) is 7.63. The molecular weight excluding hydrogens is 276 g/mol. The van der Waals surface area contributed by atoms with Gasteiger partial charge in [0, 0.05) is 18.4 Å². The average Bonchev–Trinajstić information content (AvgIpc) is 2.23. The molecule has 1 atom stereocenters. The van der Waals surface area contributed by atoms with E-state index in [1.165, 1.54) is 12.8 Å². The molecule has 0 spiro atoms. The Hall–Kier alpha value is 0.300. The van der Waals surface area contributed by atoms with Gasteiger partial charge in [-0.1, -0.05) is 49.0 Å². The molecule has 4 heteroatoms. The molecule has 0 amide bonds. The Morgan fingerprint density at radius 1 is 1.19 bits per heavy atom. The van der Waals surface area contributed by atoms with Crippen LogP contribution in [0.2, 0.25) is 0 Å². The molecule has 0 fully saturated rings. The van der Waals surface area contributed by atoms with E-state index in [9.17, 15) is 8.78 Å². The summed E-state index contributed by atoms with van der Waals surface area (Å²) in [7, 11) is 0. The predicted octanol–water partition coefficient (Wildman–Crippen LogP) is 4.16. The van der Waals surface area contributed by atoms with E-state index in [2.05, 4.69) is 29.8 Å². The first-order valence-electron chi connectivity index (χ1n) is 6.20. The number of nitrogens with zero attached hydrogens (tertiary/aromatic N) is 1. The summed E-state index contributed by atoms with van der Waals surface area (Å²) >= 11 is 3.32. The third-order valence-electron chi connectivity index (χ3n) is 2.86. The highest BCUT2D eigenvalue weighted by Crippen LogP contribution is 2.15. The van der Waals surface area contributed by atoms with Crippen LogP contribution in [0.4, 0.5) is 8.78 Å². The minimum atomic E-state index is -2.22. The van der Waals surface area contributed by atoms with Gasteiger partial charge in [0.25, 0.3) is 6.43 Å². The Morgan fingerprint density at radius 2 is 1.88 bits per heavy atom. The van der Waals surface area contributed by atoms with Gasteiger partial charge in [0.2, 0.25) is 0 Å². The number of alkyl halides is 3. The molecule has 0 rings (SSSR count). The maximum absolute atomic E-state index is 12.4. The van der Waals surface area contributed by atoms with Crippen LogP contribution in [0.5, 0.6) is 0 Å². The smallest absolute Gasteiger partial charge is 0.251 e. The van der Waals surface area contributed by atoms with Gasteiger partial charge in [-0.15, -0.1) is 0 Å². The van der Waals surface area contributed by atoms with Gasteiger partial charge in [-0.2, -0.15) is 0 Å². The second kappa shape index (κ2) is 10.5. The standard InChI is InChI=1S/C12H24BrF2N/c1-3-5-6-11(4-2)9-16(8-7-13)10-12(14)15/h11-12H,3-10H2,1-2H3. The SMILES string of the molecule is CCCCC(CC)CN(CCBr)CC(F)F. The summed E-state index contributed by atoms with van der Waals surface area (Å²) in [5.74, 6) is 0.567. The Labute approximate surface area is 107 Å². The van der Waals surface area contributed by atoms with E-state index in [1.807, 2.05) is 4.90 Å². The second-order valence-corrected chi connectivity index (χ2v) is 5.05. The molecule has 0 aromatic heterocycles. The third-order valence-corrected chi connectivity index (χ3v) is 3.21. The van der Waals surface area contributed by atoms with Gasteiger partial charge in [-0.05, 0) is 12.3 Å². The van der Waals surface area contributed by atoms with Crippen molar-refractivity contribution in [3.63, 3.8) is 0 Å². The van der Waals surface area contributed by atoms with Crippen molar-refractivity contribution in [3.05, 3.63) is 0 Å². The molecule has 0 aromatic rings. The first-order valence-corrected chi connectivity index (χ1v) is 7.32. The maximum atomic E-state index is 12.4. The fourth-order valence-electron chi connectivity index (χ4n) is 1.85. The number of unbranched alkanes of at least 4 members (excludes halogenated alkanes) is 1. The van der Waals surface area contributed by atoms with Gasteiger partial charge in [0.15, 0.2) is 0 Å². The highest BCUT2D eigenvalue weighted by Gasteiger charge is 2.15. The molecule has 1 nitrogen and oxygen atoms in total. The van der Waals surface area contributed by atoms with Crippen LogP contribution < -0.4 is 0 Å². The summed E-state index contributed by atoms with van der Waals surface area (Å²) < 4.78 is 24.7. The molecule has 0 aliphatic heterocycles. The summed E-state index contributed by atoms with van der Waals surface area (Å²) in [6, 6.07) is 0. The molecule has 0 saturated carbocycles. The topological polar surface area (TPSA) is 3.24 Å². The monoisotopic (exact) mass is 299 g/mol. The van der Waals surface area contributed by atoms with Crippen molar-refractivity contribution in [2.75, 3.05) is 25.0 Å². The van der Waals surface area contributed by atoms with E-state index in [0.29, 0.717) is 12.5 Å². The molecule has 0 aliphatic rings. The summed E-state index contributed by atoms with van der Waals surface area (Å²) in [5, 5.41) is 0.768. The zero-order chi connectivity index (χ0) is 12.4. The molecule has 0 bridgehead atoms. The van der Waals surface area contributed by atoms with Crippen molar-refractivity contribution in [2.24, 2.45) is 5.92 Å². The lowest BCUT2D eigenvalue weighted by Crippen LogP contribution is -2.35. The lowest BCUT2D eigenvalue weighted by Gasteiger charge is -2.26. The highest BCUT2D eigenvalue weighted by molar-refractivity contribution is 9.09. The number of halogens is 3. The van der Waals surface area contributed by atoms with E-state index in [0.717, 1.165) is 24.7 Å². The van der Waals surface area contributed by atoms with Crippen LogP contribution in [-0.4, -0.2) is 36.3 Å². The van der Waals surface area contributed by atoms with Crippen molar-refractivity contribution in [2.45, 2.75) is 46.0 Å². The van der Waals surface area contributed by atoms with Crippen LogP contribution in [0.1, 0.15) is 39.5 Å². The van der Waals surface area contributed by atoms with Crippen molar-refractivity contribution >= 4 is 15.9 Å². The summed E-state index contributed by atoms with van der Waals surface area (Å²) in [6.07, 6.45) is 2.42. The molecule has 98 valence electrons. The quantitative estimate of drug-likeness (QED) is 0.547. The molecule has 16 heavy (non-hydrogen) atoms. The molecule has 0 radical (unpaired) electrons. The molecule has 0 aromatic carbocycles. The van der Waals surface area contributed by atoms with Crippen molar-refractivity contribution in [1.29, 1.82) is 0 Å². The van der Waals surface area contributed by atoms with E-state index < -0.39 is 6.43 Å². The second-order valence-electron chi connectivity index (χ2n) is 4.26. The van der Waals surface area contributed by atoms with Crippen molar-refractivity contribution in [1.82, 2.24) is 4.90 Å². The van der Waals surface area contributed by atoms with Gasteiger partial charge >= 0.3 is 0 Å². The molecular formula is C12H24BrF2N. The average molecular weight is 300 g/mol. The molecule has 0 saturated heterocycles. The zero-order valence-electron chi connectivity index (χ0n) is 10.4. The Balaban J connectivity index is 4.00. The molecule has 0 heterocycles. The van der Waals surface area contributed by atoms with E-state index in [1.54, 1.807) is 0 Å². The van der Waals surface area contributed by atoms with Crippen molar-refractivity contribution in [3.8, 4) is 0 Å². The van der Waals surface area contributed by atoms with Gasteiger partial charge < -0.3 is 0 Å². The van der Waals surface area contributed by atoms with Gasteiger partial charge in [-0.25, -0.2) is 8.78 Å². The highest BCUT2D eigenvalue weighted by atomic mass is 79.9. The van der Waals surface area contributed by atoms with E-state index in [-0.39, 0.29) is 6.54 Å². The first kappa shape index (κ1) is 16.3. The molecule has 1 unspecified atom stereocenters. The van der Waals surface area contributed by atoms with Crippen LogP contribution in [-0.2, 0) is 0 Å². The fraction of sp³-hybridized carbons (Fsp3) is 1.00. The predicted molar refractivity (Wildman–Crippen MR) is 69.5 cm³/mol.